The van der Waals surface area contributed by atoms with Crippen LogP contribution in [-0.4, -0.2) is 506 Å². The van der Waals surface area contributed by atoms with Gasteiger partial charge in [-0.1, -0.05) is 6.42 Å². The third-order valence-electron chi connectivity index (χ3n) is 15.7. The topological polar surface area (TPSA) is 144 Å². The summed E-state index contributed by atoms with van der Waals surface area (Å²) in [6.45, 7) is 7.21. The maximum Gasteiger partial charge on any atom is 0.431 e. The molecule has 2 atom stereocenters. The van der Waals surface area contributed by atoms with E-state index >= 15 is 0 Å². The smallest absolute Gasteiger partial charge is 0.431 e. The molecule has 89 heavy (non-hydrogen) atoms. The quantitative estimate of drug-likeness (QED) is 0.0274. The van der Waals surface area contributed by atoms with E-state index in [0.717, 1.165) is 12.8 Å². The van der Waals surface area contributed by atoms with Crippen LogP contribution in [0.2, 0.25) is 0 Å². The number of amides is 3. The third kappa shape index (κ3) is 32.6. The zero-order valence-corrected chi connectivity index (χ0v) is 52.6. The Kier molecular flexibility index (Phi) is 49.1. The van der Waals surface area contributed by atoms with Crippen molar-refractivity contribution >= 4 is 437 Å². The number of nitrogens with one attached hydrogen (secondary N) is 3. The number of nitrogens with zero attached hydrogens (tertiary/aromatic N) is 1. The summed E-state index contributed by atoms with van der Waals surface area (Å²) in [6, 6.07) is -1.42. The van der Waals surface area contributed by atoms with Gasteiger partial charge in [-0.2, -0.15) is 5.48 Å². The molecule has 5 N–H and O–H groups in total. The largest absolute Gasteiger partial charge is 0.442 e. The fourth-order valence-corrected chi connectivity index (χ4v) is 11.8. The van der Waals surface area contributed by atoms with Gasteiger partial charge in [-0.15, -0.1) is 0 Å². The zero-order valence-electron chi connectivity index (χ0n) is 52.6. The number of unbranched alkanes of at least 4 members (excludes halogenated alkanes) is 1. The lowest BCUT2D eigenvalue weighted by Crippen LogP contribution is -2.88. The summed E-state index contributed by atoms with van der Waals surface area (Å²) in [7, 11) is 189. The molecule has 70 heteroatoms. The van der Waals surface area contributed by atoms with Crippen molar-refractivity contribution in [3.8, 4) is 0 Å². The summed E-state index contributed by atoms with van der Waals surface area (Å²) in [5, 5.41) is 5.69. The Bertz CT molecular complexity index is 1730. The first-order chi connectivity index (χ1) is 40.9. The lowest BCUT2D eigenvalue weighted by atomic mass is 8.31. The van der Waals surface area contributed by atoms with Crippen LogP contribution in [0.3, 0.4) is 0 Å². The van der Waals surface area contributed by atoms with E-state index in [1.54, 1.807) is 32.7 Å². The molecule has 63 radical (unpaired) electrons. The highest BCUT2D eigenvalue weighted by atomic mass is 16.7. The number of carbonyl (C=O) groups is 3. The van der Waals surface area contributed by atoms with Crippen LogP contribution in [0.5, 0.6) is 0 Å². The molecule has 0 aromatic heterocycles. The standard InChI is InChI=1S/C19H37N5O6.B30.B29/c1-19(2,3)30-18(27)23-29-13-15(17(26)24-9-11-28-12-10-24)22-16(25)14(21-4)7-5-6-8-20;1-17(2)25(18(3)4)29(26(19(5)6)20(7)8)30(27(21(9)10)22(11)12)28(23(13)14)24(15)16;1-16-24(17(2)3)28(25(18(4)5)19(6)7)29(26(20(8)9)21(10)11)27(22(12)13)23(14)15/h14-15,21H,5-13,20H2,1-4H3,(H,22,25)(H,23,27);;. The molecule has 351 valence electrons. The van der Waals surface area contributed by atoms with Crippen LogP contribution >= 0.6 is 0 Å². The van der Waals surface area contributed by atoms with E-state index in [2.05, 4.69) is 16.1 Å². The van der Waals surface area contributed by atoms with Crippen molar-refractivity contribution in [2.45, 2.75) is 57.7 Å². The molecule has 1 fully saturated rings. The molecule has 11 nitrogen and oxygen atoms in total. The molecule has 1 heterocycles. The van der Waals surface area contributed by atoms with Crippen LogP contribution in [0.15, 0.2) is 0 Å². The van der Waals surface area contributed by atoms with Crippen LogP contribution in [0.4, 0.5) is 4.79 Å². The molecule has 0 saturated carbocycles. The number of likely N-dealkylation sites (N-methyl/N-ethyl adjacent to an activating group) is 1. The highest BCUT2D eigenvalue weighted by molar-refractivity contribution is 8.29. The molecule has 0 aromatic carbocycles. The summed E-state index contributed by atoms with van der Waals surface area (Å²) in [4.78, 5) is 44.1. The molecular formula is C19H37B59N5O6. The second-order valence-electron chi connectivity index (χ2n) is 23.8. The van der Waals surface area contributed by atoms with Gasteiger partial charge in [0, 0.05) is 432 Å². The minimum absolute atomic E-state index is 0.236. The lowest BCUT2D eigenvalue weighted by molar-refractivity contribution is -0.143. The number of hydrogen-bond donors (Lipinski definition) is 4. The molecule has 0 bridgehead atoms. The van der Waals surface area contributed by atoms with Gasteiger partial charge in [-0.05, 0) is 47.2 Å². The summed E-state index contributed by atoms with van der Waals surface area (Å²) in [5.74, 6) is -0.614. The molecule has 0 aromatic rings. The van der Waals surface area contributed by atoms with Gasteiger partial charge in [0.1, 0.15) is 18.2 Å². The molecule has 2 unspecified atom stereocenters. The number of rotatable bonds is 37. The van der Waals surface area contributed by atoms with E-state index in [-0.39, 0.29) is 18.4 Å². The Morgan fingerprint density at radius 2 is 0.787 bits per heavy atom. The molecule has 1 aliphatic rings. The van der Waals surface area contributed by atoms with E-state index in [9.17, 15) is 14.4 Å². The number of hydroxylamine groups is 1. The number of ether oxygens (including phenoxy) is 2. The van der Waals surface area contributed by atoms with Gasteiger partial charge in [-0.25, -0.2) is 4.79 Å². The summed E-state index contributed by atoms with van der Waals surface area (Å²) >= 11 is 0. The van der Waals surface area contributed by atoms with Gasteiger partial charge in [0.25, 0.3) is 0 Å². The Balaban J connectivity index is 0. The first-order valence-corrected chi connectivity index (χ1v) is 29.3. The average Bonchev–Trinajstić information content (AvgIpc) is 3.37. The molecule has 1 saturated heterocycles. The van der Waals surface area contributed by atoms with Gasteiger partial charge in [0.05, 0.1) is 19.3 Å². The number of hydrogen-bond acceptors (Lipinski definition) is 8. The van der Waals surface area contributed by atoms with Crippen molar-refractivity contribution in [2.24, 2.45) is 5.73 Å². The highest BCUT2D eigenvalue weighted by Crippen LogP contribution is 2.17. The molecule has 3 amide bonds. The van der Waals surface area contributed by atoms with Crippen LogP contribution in [0.1, 0.15) is 40.0 Å². The van der Waals surface area contributed by atoms with Gasteiger partial charge in [0.2, 0.25) is 11.8 Å². The van der Waals surface area contributed by atoms with E-state index in [1.165, 1.54) is 7.06 Å². The maximum atomic E-state index is 12.9. The summed E-state index contributed by atoms with van der Waals surface area (Å²) in [6.07, 6.45) is -24.2. The normalized spacial score (nSPS) is 11.8. The Morgan fingerprint density at radius 3 is 1.04 bits per heavy atom. The van der Waals surface area contributed by atoms with Crippen molar-refractivity contribution in [2.75, 3.05) is 46.5 Å². The minimum Gasteiger partial charge on any atom is -0.442 e. The predicted molar refractivity (Wildman–Crippen MR) is 450 cm³/mol. The average molecular weight is 1070 g/mol. The number of carbonyl (C=O) groups excluding carboxylic acids is 3. The number of morpholine rings is 1. The second kappa shape index (κ2) is 47.0. The second-order valence-corrected chi connectivity index (χ2v) is 23.8. The predicted octanol–water partition coefficient (Wildman–Crippen LogP) is -23.0. The van der Waals surface area contributed by atoms with E-state index < -0.39 is 196 Å². The summed E-state index contributed by atoms with van der Waals surface area (Å²) in [5.41, 5.74) is 6.97. The Labute approximate surface area is 592 Å². The summed E-state index contributed by atoms with van der Waals surface area (Å²) < 4.78 is 10.4. The van der Waals surface area contributed by atoms with Gasteiger partial charge < -0.3 is 30.7 Å². The van der Waals surface area contributed by atoms with Gasteiger partial charge in [-0.3, -0.25) is 14.4 Å². The molecular weight excluding hydrogens is 1030 g/mol. The monoisotopic (exact) mass is 1080 g/mol. The third-order valence-corrected chi connectivity index (χ3v) is 15.7. The first kappa shape index (κ1) is 92.9. The minimum atomic E-state index is -1.07. The fourth-order valence-electron chi connectivity index (χ4n) is 11.8. The van der Waals surface area contributed by atoms with Crippen LogP contribution in [0.25, 0.3) is 0 Å². The van der Waals surface area contributed by atoms with Crippen molar-refractivity contribution in [3.63, 3.8) is 0 Å². The zero-order chi connectivity index (χ0) is 69.9. The van der Waals surface area contributed by atoms with E-state index in [1.807, 2.05) is 0 Å². The van der Waals surface area contributed by atoms with Crippen molar-refractivity contribution < 1.29 is 28.7 Å². The van der Waals surface area contributed by atoms with Crippen molar-refractivity contribution in [3.05, 3.63) is 0 Å². The maximum absolute atomic E-state index is 12.9. The molecule has 0 spiro atoms. The van der Waals surface area contributed by atoms with Gasteiger partial charge >= 0.3 is 6.09 Å². The number of nitrogens with two attached hydrogens (primary N) is 1. The van der Waals surface area contributed by atoms with Gasteiger partial charge in [0.15, 0.2) is 0 Å². The SMILES string of the molecule is CNC(CCCCN)C(=O)NC(CONC(=O)OC(C)(C)C)C(=O)N1CCOCC1.[B]B([B])B(B([B])[B])B(B(B([B])[B])B([B])[B])B(B(B([B])[B])B([B])[B])B(B([B])[B])B([B])[B].[B][B]B(B([B])[B])B(B(B([B])[B])B([B])[B])B(B(B([B])[B])B([B])[B])B(B([B])[B])B([B])[B]. The lowest BCUT2D eigenvalue weighted by Gasteiger charge is -2.50. The molecule has 1 rings (SSSR count). The Hall–Kier alpha value is 1.88. The fraction of sp³-hybridized carbons (Fsp3) is 0.842. The van der Waals surface area contributed by atoms with Crippen LogP contribution < -0.4 is 21.8 Å². The van der Waals surface area contributed by atoms with Crippen LogP contribution in [-0.2, 0) is 23.9 Å². The van der Waals surface area contributed by atoms with Crippen molar-refractivity contribution in [1.82, 2.24) is 21.0 Å². The molecule has 0 aliphatic carbocycles. The van der Waals surface area contributed by atoms with E-state index in [0.29, 0.717) is 39.3 Å². The Morgan fingerprint density at radius 1 is 0.483 bits per heavy atom. The van der Waals surface area contributed by atoms with E-state index in [4.69, 9.17) is 260 Å². The highest BCUT2D eigenvalue weighted by Gasteiger charge is 2.54. The van der Waals surface area contributed by atoms with Crippen LogP contribution in [0, 0.1) is 0 Å². The molecule has 1 aliphatic heterocycles. The first-order valence-electron chi connectivity index (χ1n) is 29.3. The van der Waals surface area contributed by atoms with Crippen molar-refractivity contribution in [1.29, 1.82) is 0 Å².